The molecule has 0 aromatic heterocycles. The van der Waals surface area contributed by atoms with E-state index in [1.54, 1.807) is 7.11 Å². The number of nitrogens with zero attached hydrogens (tertiary/aromatic N) is 2. The first-order valence-electron chi connectivity index (χ1n) is 12.0. The van der Waals surface area contributed by atoms with Gasteiger partial charge in [0.15, 0.2) is 0 Å². The Bertz CT molecular complexity index is 1060. The Hall–Kier alpha value is -4.13. The molecule has 0 radical (unpaired) electrons. The number of carbonyl (C=O) groups is 4. The summed E-state index contributed by atoms with van der Waals surface area (Å²) in [6.07, 6.45) is 2.23. The summed E-state index contributed by atoms with van der Waals surface area (Å²) in [5, 5.41) is 31.2. The molecule has 1 heterocycles. The molecule has 0 bridgehead atoms. The molecule has 0 amide bonds. The number of rotatable bonds is 10. The standard InChI is InChI=1S/C20H26N2OS.2C4H4O4/c1-21-12-14-22(15-13-21)20(16-24-19-6-4-3-5-7-19)17-8-10-18(23-2)11-9-17;2*5-3(6)1-2-4(7)8/h3-11,20H,12-16H2,1-2H3;2*1-2H,(H,5,6)(H,7,8)/b;2*2-1-. The molecule has 0 spiro atoms. The van der Waals surface area contributed by atoms with E-state index in [9.17, 15) is 19.2 Å². The van der Waals surface area contributed by atoms with Crippen LogP contribution in [0.5, 0.6) is 5.75 Å². The lowest BCUT2D eigenvalue weighted by Gasteiger charge is -2.38. The van der Waals surface area contributed by atoms with Crippen LogP contribution in [0.25, 0.3) is 0 Å². The van der Waals surface area contributed by atoms with Crippen LogP contribution in [0.2, 0.25) is 0 Å². The second kappa shape index (κ2) is 19.0. The fraction of sp³-hybridized carbons (Fsp3) is 0.286. The van der Waals surface area contributed by atoms with Gasteiger partial charge < -0.3 is 30.1 Å². The molecule has 0 saturated carbocycles. The Morgan fingerprint density at radius 3 is 1.62 bits per heavy atom. The van der Waals surface area contributed by atoms with Crippen molar-refractivity contribution in [3.05, 3.63) is 84.5 Å². The summed E-state index contributed by atoms with van der Waals surface area (Å²) in [4.78, 5) is 44.6. The summed E-state index contributed by atoms with van der Waals surface area (Å²) in [5.74, 6) is -3.04. The number of benzene rings is 2. The Morgan fingerprint density at radius 2 is 1.23 bits per heavy atom. The molecular formula is C28H34N2O9S. The predicted octanol–water partition coefficient (Wildman–Crippen LogP) is 3.20. The quantitative estimate of drug-likeness (QED) is 0.242. The Morgan fingerprint density at radius 1 is 0.775 bits per heavy atom. The van der Waals surface area contributed by atoms with Crippen molar-refractivity contribution in [1.82, 2.24) is 9.80 Å². The average molecular weight is 575 g/mol. The normalized spacial score (nSPS) is 14.3. The first-order chi connectivity index (χ1) is 19.0. The number of thioether (sulfide) groups is 1. The summed E-state index contributed by atoms with van der Waals surface area (Å²) >= 11 is 1.94. The van der Waals surface area contributed by atoms with E-state index < -0.39 is 23.9 Å². The van der Waals surface area contributed by atoms with Crippen molar-refractivity contribution in [2.75, 3.05) is 46.1 Å². The highest BCUT2D eigenvalue weighted by molar-refractivity contribution is 7.99. The van der Waals surface area contributed by atoms with Crippen molar-refractivity contribution < 1.29 is 44.3 Å². The number of aliphatic carboxylic acids is 4. The number of carboxylic acids is 4. The molecule has 1 aliphatic rings. The lowest BCUT2D eigenvalue weighted by Crippen LogP contribution is -2.46. The number of ether oxygens (including phenoxy) is 1. The first kappa shape index (κ1) is 33.9. The second-order valence-electron chi connectivity index (χ2n) is 8.27. The van der Waals surface area contributed by atoms with Gasteiger partial charge >= 0.3 is 23.9 Å². The largest absolute Gasteiger partial charge is 0.497 e. The van der Waals surface area contributed by atoms with Crippen molar-refractivity contribution in [3.8, 4) is 5.75 Å². The van der Waals surface area contributed by atoms with Gasteiger partial charge in [0.1, 0.15) is 5.75 Å². The molecule has 2 aromatic rings. The van der Waals surface area contributed by atoms with Crippen LogP contribution in [0.3, 0.4) is 0 Å². The van der Waals surface area contributed by atoms with Gasteiger partial charge in [-0.2, -0.15) is 0 Å². The molecule has 1 atom stereocenters. The summed E-state index contributed by atoms with van der Waals surface area (Å²) in [6.45, 7) is 4.54. The van der Waals surface area contributed by atoms with Crippen molar-refractivity contribution in [2.24, 2.45) is 0 Å². The minimum absolute atomic E-state index is 0.440. The van der Waals surface area contributed by atoms with Gasteiger partial charge in [0.2, 0.25) is 0 Å². The van der Waals surface area contributed by atoms with Gasteiger partial charge in [0.25, 0.3) is 0 Å². The zero-order chi connectivity index (χ0) is 29.9. The maximum atomic E-state index is 9.55. The highest BCUT2D eigenvalue weighted by atomic mass is 32.2. The summed E-state index contributed by atoms with van der Waals surface area (Å²) in [6, 6.07) is 19.7. The maximum absolute atomic E-state index is 9.55. The minimum Gasteiger partial charge on any atom is -0.497 e. The van der Waals surface area contributed by atoms with E-state index in [0.29, 0.717) is 30.3 Å². The van der Waals surface area contributed by atoms with Gasteiger partial charge in [-0.05, 0) is 36.9 Å². The molecule has 1 saturated heterocycles. The maximum Gasteiger partial charge on any atom is 0.328 e. The molecule has 2 aromatic carbocycles. The molecule has 4 N–H and O–H groups in total. The monoisotopic (exact) mass is 574 g/mol. The van der Waals surface area contributed by atoms with E-state index in [4.69, 9.17) is 25.2 Å². The van der Waals surface area contributed by atoms with Crippen molar-refractivity contribution in [1.29, 1.82) is 0 Å². The minimum atomic E-state index is -1.26. The van der Waals surface area contributed by atoms with Gasteiger partial charge in [-0.3, -0.25) is 4.90 Å². The van der Waals surface area contributed by atoms with Crippen LogP contribution >= 0.6 is 11.8 Å². The van der Waals surface area contributed by atoms with E-state index in [2.05, 4.69) is 71.4 Å². The molecule has 12 heteroatoms. The van der Waals surface area contributed by atoms with Gasteiger partial charge in [-0.1, -0.05) is 30.3 Å². The number of methoxy groups -OCH3 is 1. The second-order valence-corrected chi connectivity index (χ2v) is 9.37. The summed E-state index contributed by atoms with van der Waals surface area (Å²) in [7, 11) is 3.93. The lowest BCUT2D eigenvalue weighted by atomic mass is 10.1. The van der Waals surface area contributed by atoms with E-state index in [1.165, 1.54) is 10.5 Å². The van der Waals surface area contributed by atoms with Crippen LogP contribution in [-0.4, -0.2) is 100 Å². The van der Waals surface area contributed by atoms with Crippen LogP contribution in [0.1, 0.15) is 11.6 Å². The topological polar surface area (TPSA) is 165 Å². The van der Waals surface area contributed by atoms with Crippen molar-refractivity contribution >= 4 is 35.6 Å². The molecule has 216 valence electrons. The zero-order valence-electron chi connectivity index (χ0n) is 22.3. The third kappa shape index (κ3) is 15.3. The van der Waals surface area contributed by atoms with E-state index in [1.807, 2.05) is 11.8 Å². The van der Waals surface area contributed by atoms with Gasteiger partial charge in [-0.15, -0.1) is 11.8 Å². The van der Waals surface area contributed by atoms with Gasteiger partial charge in [0.05, 0.1) is 7.11 Å². The van der Waals surface area contributed by atoms with E-state index >= 15 is 0 Å². The van der Waals surface area contributed by atoms with Gasteiger partial charge in [-0.25, -0.2) is 19.2 Å². The number of piperazine rings is 1. The Labute approximate surface area is 237 Å². The van der Waals surface area contributed by atoms with Gasteiger partial charge in [0, 0.05) is 67.2 Å². The number of likely N-dealkylation sites (N-methyl/N-ethyl adjacent to an activating group) is 1. The third-order valence-electron chi connectivity index (χ3n) is 5.37. The summed E-state index contributed by atoms with van der Waals surface area (Å²) in [5.41, 5.74) is 1.38. The molecule has 1 fully saturated rings. The fourth-order valence-electron chi connectivity index (χ4n) is 3.35. The molecule has 1 aliphatic heterocycles. The molecule has 40 heavy (non-hydrogen) atoms. The average Bonchev–Trinajstić information content (AvgIpc) is 2.93. The number of carboxylic acid groups (broad SMARTS) is 4. The molecule has 3 rings (SSSR count). The van der Waals surface area contributed by atoms with Crippen molar-refractivity contribution in [3.63, 3.8) is 0 Å². The Kier molecular flexibility index (Phi) is 16.1. The molecule has 0 aliphatic carbocycles. The highest BCUT2D eigenvalue weighted by Gasteiger charge is 2.24. The van der Waals surface area contributed by atoms with Crippen molar-refractivity contribution in [2.45, 2.75) is 10.9 Å². The van der Waals surface area contributed by atoms with Crippen LogP contribution in [0, 0.1) is 0 Å². The summed E-state index contributed by atoms with van der Waals surface area (Å²) < 4.78 is 5.31. The van der Waals surface area contributed by atoms with Crippen LogP contribution in [0.15, 0.2) is 83.8 Å². The first-order valence-corrected chi connectivity index (χ1v) is 13.0. The van der Waals surface area contributed by atoms with E-state index in [-0.39, 0.29) is 0 Å². The lowest BCUT2D eigenvalue weighted by molar-refractivity contribution is -0.134. The predicted molar refractivity (Wildman–Crippen MR) is 151 cm³/mol. The SMILES string of the molecule is COc1ccc(C(CSc2ccccc2)N2CCN(C)CC2)cc1.O=C(O)/C=C\C(=O)O.O=C(O)/C=C\C(=O)O. The Balaban J connectivity index is 0.000000412. The zero-order valence-corrected chi connectivity index (χ0v) is 23.1. The fourth-order valence-corrected chi connectivity index (χ4v) is 4.45. The molecule has 1 unspecified atom stereocenters. The molecule has 11 nitrogen and oxygen atoms in total. The smallest absolute Gasteiger partial charge is 0.328 e. The van der Waals surface area contributed by atoms with E-state index in [0.717, 1.165) is 37.7 Å². The van der Waals surface area contributed by atoms with Crippen LogP contribution in [0.4, 0.5) is 0 Å². The molecular weight excluding hydrogens is 540 g/mol. The van der Waals surface area contributed by atoms with Crippen LogP contribution < -0.4 is 4.74 Å². The highest BCUT2D eigenvalue weighted by Crippen LogP contribution is 2.30. The number of hydrogen-bond donors (Lipinski definition) is 4. The van der Waals surface area contributed by atoms with Crippen LogP contribution in [-0.2, 0) is 19.2 Å². The number of hydrogen-bond acceptors (Lipinski definition) is 8. The third-order valence-corrected chi connectivity index (χ3v) is 6.46.